The van der Waals surface area contributed by atoms with Crippen molar-refractivity contribution in [2.75, 3.05) is 0 Å². The molecule has 2 N–H and O–H groups in total. The molecule has 0 aliphatic rings. The second-order valence-corrected chi connectivity index (χ2v) is 9.27. The molecule has 1 atom stereocenters. The fourth-order valence-electron chi connectivity index (χ4n) is 4.73. The van der Waals surface area contributed by atoms with Gasteiger partial charge in [-0.2, -0.15) is 0 Å². The highest BCUT2D eigenvalue weighted by Crippen LogP contribution is 2.31. The number of nitrogens with one attached hydrogen (secondary N) is 1. The Morgan fingerprint density at radius 1 is 1.11 bits per heavy atom. The van der Waals surface area contributed by atoms with Crippen molar-refractivity contribution in [3.05, 3.63) is 53.9 Å². The fraction of sp³-hybridized carbons (Fsp3) is 0.423. The van der Waals surface area contributed by atoms with E-state index in [0.29, 0.717) is 19.4 Å². The molecule has 9 nitrogen and oxygen atoms in total. The summed E-state index contributed by atoms with van der Waals surface area (Å²) < 4.78 is 2.25. The van der Waals surface area contributed by atoms with Crippen LogP contribution in [0.15, 0.2) is 42.5 Å². The number of carboxylic acid groups (broad SMARTS) is 1. The number of hydrogen-bond donors (Lipinski definition) is 2. The number of amides is 1. The minimum atomic E-state index is -0.968. The van der Waals surface area contributed by atoms with E-state index in [9.17, 15) is 14.7 Å². The Hall–Kier alpha value is -3.75. The lowest BCUT2D eigenvalue weighted by Crippen LogP contribution is -2.47. The number of hydrogen-bond acceptors (Lipinski definition) is 5. The Balaban J connectivity index is 1.71. The maximum Gasteiger partial charge on any atom is 0.326 e. The van der Waals surface area contributed by atoms with Gasteiger partial charge in [0.1, 0.15) is 11.9 Å². The number of tetrazole rings is 1. The van der Waals surface area contributed by atoms with Gasteiger partial charge in [-0.05, 0) is 46.5 Å². The first-order valence-corrected chi connectivity index (χ1v) is 12.2. The van der Waals surface area contributed by atoms with Crippen LogP contribution in [0.5, 0.6) is 0 Å². The van der Waals surface area contributed by atoms with Crippen molar-refractivity contribution in [3.63, 3.8) is 0 Å². The molecule has 0 aliphatic carbocycles. The number of H-pyrrole nitrogens is 1. The molecule has 2 aromatic heterocycles. The molecule has 4 aromatic rings. The van der Waals surface area contributed by atoms with Crippen molar-refractivity contribution < 1.29 is 14.7 Å². The summed E-state index contributed by atoms with van der Waals surface area (Å²) in [7, 11) is 0. The minimum Gasteiger partial charge on any atom is -0.480 e. The number of carbonyl (C=O) groups is 2. The zero-order chi connectivity index (χ0) is 24.9. The smallest absolute Gasteiger partial charge is 0.326 e. The van der Waals surface area contributed by atoms with Gasteiger partial charge in [-0.15, -0.1) is 5.10 Å². The summed E-state index contributed by atoms with van der Waals surface area (Å²) >= 11 is 0. The Bertz CT molecular complexity index is 1310. The van der Waals surface area contributed by atoms with Gasteiger partial charge in [0.15, 0.2) is 0 Å². The van der Waals surface area contributed by atoms with Crippen LogP contribution in [-0.2, 0) is 29.1 Å². The quantitative estimate of drug-likeness (QED) is 0.335. The second-order valence-electron chi connectivity index (χ2n) is 9.27. The number of rotatable bonds is 11. The van der Waals surface area contributed by atoms with Crippen molar-refractivity contribution in [2.45, 2.75) is 65.6 Å². The number of fused-ring (bicyclic) bond motifs is 3. The average Bonchev–Trinajstić information content (AvgIpc) is 3.46. The highest BCUT2D eigenvalue weighted by atomic mass is 16.4. The largest absolute Gasteiger partial charge is 0.480 e. The predicted octanol–water partition coefficient (Wildman–Crippen LogP) is 4.18. The van der Waals surface area contributed by atoms with Crippen molar-refractivity contribution in [3.8, 4) is 0 Å². The highest BCUT2D eigenvalue weighted by molar-refractivity contribution is 6.08. The summed E-state index contributed by atoms with van der Waals surface area (Å²) in [5.41, 5.74) is 3.09. The van der Waals surface area contributed by atoms with Crippen LogP contribution >= 0.6 is 0 Å². The molecule has 0 fully saturated rings. The van der Waals surface area contributed by atoms with Gasteiger partial charge in [-0.1, -0.05) is 51.5 Å². The minimum absolute atomic E-state index is 0.115. The summed E-state index contributed by atoms with van der Waals surface area (Å²) in [6, 6.07) is 13.5. The zero-order valence-electron chi connectivity index (χ0n) is 20.4. The Labute approximate surface area is 204 Å². The van der Waals surface area contributed by atoms with Crippen LogP contribution in [0.3, 0.4) is 0 Å². The first kappa shape index (κ1) is 24.4. The number of aliphatic carboxylic acids is 1. The number of carboxylic acids is 1. The van der Waals surface area contributed by atoms with Gasteiger partial charge < -0.3 is 14.6 Å². The molecule has 2 aromatic carbocycles. The van der Waals surface area contributed by atoms with E-state index in [1.165, 1.54) is 0 Å². The second kappa shape index (κ2) is 10.7. The standard InChI is InChI=1S/C26H32N6O3/c1-4-5-10-24(33)32(25(17(2)3)26(34)35)16-18-11-12-22-20(15-18)19-8-6-7-9-21(19)31(22)14-13-23-27-29-30-28-23/h6-9,11-12,15,17,25H,4-5,10,13-14,16H2,1-3H3,(H,34,35)(H,27,28,29,30)/t25-/m0/s1. The normalized spacial score (nSPS) is 12.5. The van der Waals surface area contributed by atoms with E-state index in [1.807, 2.05) is 39.0 Å². The number of unbranched alkanes of at least 4 members (excludes halogenated alkanes) is 1. The molecule has 0 unspecified atom stereocenters. The lowest BCUT2D eigenvalue weighted by Gasteiger charge is -2.32. The average molecular weight is 477 g/mol. The summed E-state index contributed by atoms with van der Waals surface area (Å²) in [4.78, 5) is 26.7. The molecule has 1 amide bonds. The Kier molecular flexibility index (Phi) is 7.43. The third-order valence-corrected chi connectivity index (χ3v) is 6.44. The summed E-state index contributed by atoms with van der Waals surface area (Å²) in [5.74, 6) is -0.558. The van der Waals surface area contributed by atoms with Crippen LogP contribution in [0.1, 0.15) is 51.4 Å². The first-order valence-electron chi connectivity index (χ1n) is 12.2. The maximum atomic E-state index is 13.1. The monoisotopic (exact) mass is 476 g/mol. The number of para-hydroxylation sites is 1. The van der Waals surface area contributed by atoms with Gasteiger partial charge in [0.25, 0.3) is 0 Å². The van der Waals surface area contributed by atoms with Crippen LogP contribution in [0.4, 0.5) is 0 Å². The van der Waals surface area contributed by atoms with Gasteiger partial charge >= 0.3 is 5.97 Å². The van der Waals surface area contributed by atoms with E-state index in [0.717, 1.165) is 46.0 Å². The highest BCUT2D eigenvalue weighted by Gasteiger charge is 2.32. The Morgan fingerprint density at radius 3 is 2.57 bits per heavy atom. The van der Waals surface area contributed by atoms with Crippen molar-refractivity contribution >= 4 is 33.7 Å². The van der Waals surface area contributed by atoms with Crippen LogP contribution in [0.25, 0.3) is 21.8 Å². The van der Waals surface area contributed by atoms with Crippen LogP contribution in [0.2, 0.25) is 0 Å². The SMILES string of the molecule is CCCCC(=O)N(Cc1ccc2c(c1)c1ccccc1n2CCc1nnn[nH]1)[C@H](C(=O)O)C(C)C. The van der Waals surface area contributed by atoms with E-state index in [4.69, 9.17) is 0 Å². The van der Waals surface area contributed by atoms with E-state index in [2.05, 4.69) is 49.5 Å². The van der Waals surface area contributed by atoms with Gasteiger partial charge in [-0.3, -0.25) is 4.79 Å². The zero-order valence-corrected chi connectivity index (χ0v) is 20.4. The van der Waals surface area contributed by atoms with Gasteiger partial charge in [0, 0.05) is 47.7 Å². The molecular weight excluding hydrogens is 444 g/mol. The number of aromatic nitrogens is 5. The van der Waals surface area contributed by atoms with E-state index < -0.39 is 12.0 Å². The van der Waals surface area contributed by atoms with E-state index >= 15 is 0 Å². The third-order valence-electron chi connectivity index (χ3n) is 6.44. The molecule has 9 heteroatoms. The first-order chi connectivity index (χ1) is 16.9. The molecule has 4 rings (SSSR count). The molecule has 0 saturated carbocycles. The van der Waals surface area contributed by atoms with Gasteiger partial charge in [0.2, 0.25) is 5.91 Å². The molecule has 0 bridgehead atoms. The summed E-state index contributed by atoms with van der Waals surface area (Å²) in [5, 5.41) is 26.2. The predicted molar refractivity (Wildman–Crippen MR) is 134 cm³/mol. The van der Waals surface area contributed by atoms with Crippen LogP contribution in [-0.4, -0.2) is 53.1 Å². The molecule has 184 valence electrons. The Morgan fingerprint density at radius 2 is 1.89 bits per heavy atom. The molecule has 35 heavy (non-hydrogen) atoms. The van der Waals surface area contributed by atoms with Gasteiger partial charge in [-0.25, -0.2) is 9.89 Å². The number of carbonyl (C=O) groups excluding carboxylic acids is 1. The van der Waals surface area contributed by atoms with Gasteiger partial charge in [0.05, 0.1) is 0 Å². The summed E-state index contributed by atoms with van der Waals surface area (Å²) in [6.45, 7) is 6.68. The van der Waals surface area contributed by atoms with E-state index in [-0.39, 0.29) is 18.4 Å². The van der Waals surface area contributed by atoms with Crippen LogP contribution < -0.4 is 0 Å². The van der Waals surface area contributed by atoms with Crippen molar-refractivity contribution in [1.29, 1.82) is 0 Å². The molecule has 0 spiro atoms. The third kappa shape index (κ3) is 5.18. The lowest BCUT2D eigenvalue weighted by atomic mass is 10.00. The number of nitrogens with zero attached hydrogens (tertiary/aromatic N) is 5. The molecule has 0 radical (unpaired) electrons. The molecule has 0 saturated heterocycles. The fourth-order valence-corrected chi connectivity index (χ4v) is 4.73. The lowest BCUT2D eigenvalue weighted by molar-refractivity contribution is -0.153. The molecular formula is C26H32N6O3. The van der Waals surface area contributed by atoms with Crippen molar-refractivity contribution in [1.82, 2.24) is 30.1 Å². The van der Waals surface area contributed by atoms with Crippen LogP contribution in [0, 0.1) is 5.92 Å². The number of benzene rings is 2. The number of aryl methyl sites for hydroxylation is 2. The topological polar surface area (TPSA) is 117 Å². The molecule has 0 aliphatic heterocycles. The maximum absolute atomic E-state index is 13.1. The van der Waals surface area contributed by atoms with E-state index in [1.54, 1.807) is 4.90 Å². The van der Waals surface area contributed by atoms with Crippen molar-refractivity contribution in [2.24, 2.45) is 5.92 Å². The summed E-state index contributed by atoms with van der Waals surface area (Å²) in [6.07, 6.45) is 2.64. The molecule has 2 heterocycles. The number of aromatic amines is 1.